The number of anilines is 3. The van der Waals surface area contributed by atoms with E-state index in [1.807, 2.05) is 22.6 Å². The zero-order valence-corrected chi connectivity index (χ0v) is 11.8. The van der Waals surface area contributed by atoms with Gasteiger partial charge in [-0.3, -0.25) is 0 Å². The van der Waals surface area contributed by atoms with Crippen molar-refractivity contribution >= 4 is 39.7 Å². The summed E-state index contributed by atoms with van der Waals surface area (Å²) in [6.45, 7) is 0. The Labute approximate surface area is 118 Å². The fraction of sp³-hybridized carbons (Fsp3) is 0.0769. The van der Waals surface area contributed by atoms with E-state index in [1.54, 1.807) is 25.2 Å². The maximum atomic E-state index is 13.7. The molecule has 0 aliphatic rings. The third-order valence-corrected chi connectivity index (χ3v) is 3.47. The van der Waals surface area contributed by atoms with Crippen LogP contribution in [-0.2, 0) is 0 Å². The van der Waals surface area contributed by atoms with Crippen molar-refractivity contribution in [3.8, 4) is 0 Å². The molecule has 2 N–H and O–H groups in total. The zero-order chi connectivity index (χ0) is 13.3. The molecule has 0 heterocycles. The van der Waals surface area contributed by atoms with E-state index in [-0.39, 0.29) is 11.6 Å². The molecule has 94 valence electrons. The summed E-state index contributed by atoms with van der Waals surface area (Å²) < 4.78 is 27.7. The van der Waals surface area contributed by atoms with Gasteiger partial charge in [0.1, 0.15) is 11.6 Å². The van der Waals surface area contributed by atoms with Gasteiger partial charge >= 0.3 is 0 Å². The fourth-order valence-electron chi connectivity index (χ4n) is 1.70. The Morgan fingerprint density at radius 2 is 1.72 bits per heavy atom. The van der Waals surface area contributed by atoms with Crippen LogP contribution in [-0.4, -0.2) is 7.05 Å². The van der Waals surface area contributed by atoms with Crippen molar-refractivity contribution in [1.29, 1.82) is 0 Å². The van der Waals surface area contributed by atoms with Crippen LogP contribution in [0.25, 0.3) is 0 Å². The Morgan fingerprint density at radius 1 is 1.06 bits per heavy atom. The van der Waals surface area contributed by atoms with Crippen LogP contribution in [0.4, 0.5) is 25.8 Å². The molecule has 2 rings (SSSR count). The Morgan fingerprint density at radius 3 is 2.39 bits per heavy atom. The smallest absolute Gasteiger partial charge is 0.146 e. The number of benzene rings is 2. The molecule has 0 atom stereocenters. The van der Waals surface area contributed by atoms with Crippen molar-refractivity contribution in [3.63, 3.8) is 0 Å². The first kappa shape index (κ1) is 13.1. The molecule has 18 heavy (non-hydrogen) atoms. The first-order chi connectivity index (χ1) is 8.50. The molecular formula is C13H11F2IN2. The quantitative estimate of drug-likeness (QED) is 0.650. The lowest BCUT2D eigenvalue weighted by Crippen LogP contribution is -2.13. The van der Waals surface area contributed by atoms with Gasteiger partial charge in [-0.15, -0.1) is 0 Å². The van der Waals surface area contributed by atoms with Gasteiger partial charge in [-0.2, -0.15) is 0 Å². The van der Waals surface area contributed by atoms with E-state index in [0.29, 0.717) is 20.6 Å². The summed E-state index contributed by atoms with van der Waals surface area (Å²) in [6.07, 6.45) is 0. The molecular weight excluding hydrogens is 349 g/mol. The Kier molecular flexibility index (Phi) is 3.70. The first-order valence-electron chi connectivity index (χ1n) is 5.23. The lowest BCUT2D eigenvalue weighted by Gasteiger charge is -2.22. The van der Waals surface area contributed by atoms with Crippen LogP contribution in [0.2, 0.25) is 0 Å². The van der Waals surface area contributed by atoms with E-state index in [4.69, 9.17) is 5.73 Å². The lowest BCUT2D eigenvalue weighted by molar-refractivity contribution is 0.618. The van der Waals surface area contributed by atoms with Gasteiger partial charge in [0.15, 0.2) is 0 Å². The summed E-state index contributed by atoms with van der Waals surface area (Å²) >= 11 is 1.86. The summed E-state index contributed by atoms with van der Waals surface area (Å²) in [5.41, 5.74) is 7.05. The molecule has 0 unspecified atom stereocenters. The van der Waals surface area contributed by atoms with Crippen molar-refractivity contribution in [3.05, 3.63) is 51.6 Å². The second kappa shape index (κ2) is 5.09. The second-order valence-corrected chi connectivity index (χ2v) is 5.00. The fourth-order valence-corrected chi connectivity index (χ4v) is 2.19. The minimum Gasteiger partial charge on any atom is -0.397 e. The molecule has 0 saturated heterocycles. The van der Waals surface area contributed by atoms with Crippen LogP contribution in [0.5, 0.6) is 0 Å². The van der Waals surface area contributed by atoms with E-state index < -0.39 is 0 Å². The van der Waals surface area contributed by atoms with Gasteiger partial charge in [-0.25, -0.2) is 8.78 Å². The number of halogens is 3. The van der Waals surface area contributed by atoms with Crippen LogP contribution < -0.4 is 10.6 Å². The normalized spacial score (nSPS) is 10.4. The Bertz CT molecular complexity index is 587. The Hall–Kier alpha value is -1.37. The molecule has 2 aromatic carbocycles. The molecule has 0 aromatic heterocycles. The molecule has 0 saturated carbocycles. The Balaban J connectivity index is 2.50. The summed E-state index contributed by atoms with van der Waals surface area (Å²) in [5, 5.41) is 0. The predicted octanol–water partition coefficient (Wildman–Crippen LogP) is 3.92. The van der Waals surface area contributed by atoms with Gasteiger partial charge in [0.05, 0.1) is 20.6 Å². The van der Waals surface area contributed by atoms with Crippen molar-refractivity contribution < 1.29 is 8.78 Å². The van der Waals surface area contributed by atoms with Crippen LogP contribution in [0.1, 0.15) is 0 Å². The standard InChI is InChI=1S/C13H11F2IN2/c1-18(12-5-3-2-4-8(12)14)13-6-9(15)10(16)7-11(13)17/h2-7H,17H2,1H3. The van der Waals surface area contributed by atoms with Crippen molar-refractivity contribution in [2.24, 2.45) is 0 Å². The van der Waals surface area contributed by atoms with Gasteiger partial charge < -0.3 is 10.6 Å². The predicted molar refractivity (Wildman–Crippen MR) is 78.0 cm³/mol. The number of nitrogen functional groups attached to an aromatic ring is 1. The number of nitrogens with zero attached hydrogens (tertiary/aromatic N) is 1. The summed E-state index contributed by atoms with van der Waals surface area (Å²) in [6, 6.07) is 9.13. The third kappa shape index (κ3) is 2.40. The molecule has 2 aromatic rings. The average Bonchev–Trinajstić information content (AvgIpc) is 2.33. The van der Waals surface area contributed by atoms with E-state index >= 15 is 0 Å². The largest absolute Gasteiger partial charge is 0.397 e. The average molecular weight is 360 g/mol. The molecule has 0 aliphatic heterocycles. The summed E-state index contributed by atoms with van der Waals surface area (Å²) in [4.78, 5) is 1.53. The highest BCUT2D eigenvalue weighted by molar-refractivity contribution is 14.1. The highest BCUT2D eigenvalue weighted by atomic mass is 127. The van der Waals surface area contributed by atoms with Crippen molar-refractivity contribution in [1.82, 2.24) is 0 Å². The molecule has 0 aliphatic carbocycles. The number of para-hydroxylation sites is 1. The maximum Gasteiger partial charge on any atom is 0.146 e. The van der Waals surface area contributed by atoms with Crippen LogP contribution in [0, 0.1) is 15.2 Å². The first-order valence-corrected chi connectivity index (χ1v) is 6.31. The monoisotopic (exact) mass is 360 g/mol. The highest BCUT2D eigenvalue weighted by Gasteiger charge is 2.13. The van der Waals surface area contributed by atoms with E-state index in [2.05, 4.69) is 0 Å². The van der Waals surface area contributed by atoms with Crippen molar-refractivity contribution in [2.45, 2.75) is 0 Å². The number of hydrogen-bond acceptors (Lipinski definition) is 2. The van der Waals surface area contributed by atoms with Gasteiger partial charge in [-0.05, 0) is 40.8 Å². The highest BCUT2D eigenvalue weighted by Crippen LogP contribution is 2.32. The minimum atomic E-state index is -0.377. The van der Waals surface area contributed by atoms with Crippen LogP contribution in [0.15, 0.2) is 36.4 Å². The van der Waals surface area contributed by atoms with E-state index in [9.17, 15) is 8.78 Å². The summed E-state index contributed by atoms with van der Waals surface area (Å²) in [7, 11) is 1.65. The van der Waals surface area contributed by atoms with Gasteiger partial charge in [0.2, 0.25) is 0 Å². The van der Waals surface area contributed by atoms with Gasteiger partial charge in [0, 0.05) is 13.1 Å². The molecule has 0 fully saturated rings. The zero-order valence-electron chi connectivity index (χ0n) is 9.62. The number of rotatable bonds is 2. The topological polar surface area (TPSA) is 29.3 Å². The van der Waals surface area contributed by atoms with E-state index in [0.717, 1.165) is 0 Å². The number of nitrogens with two attached hydrogens (primary N) is 1. The minimum absolute atomic E-state index is 0.352. The van der Waals surface area contributed by atoms with E-state index in [1.165, 1.54) is 23.1 Å². The molecule has 0 spiro atoms. The molecule has 0 radical (unpaired) electrons. The molecule has 0 amide bonds. The SMILES string of the molecule is CN(c1cc(F)c(I)cc1N)c1ccccc1F. The van der Waals surface area contributed by atoms with Gasteiger partial charge in [-0.1, -0.05) is 12.1 Å². The molecule has 5 heteroatoms. The summed E-state index contributed by atoms with van der Waals surface area (Å²) in [5.74, 6) is -0.749. The lowest BCUT2D eigenvalue weighted by atomic mass is 10.2. The van der Waals surface area contributed by atoms with Gasteiger partial charge in [0.25, 0.3) is 0 Å². The van der Waals surface area contributed by atoms with Crippen LogP contribution >= 0.6 is 22.6 Å². The molecule has 2 nitrogen and oxygen atoms in total. The maximum absolute atomic E-state index is 13.7. The second-order valence-electron chi connectivity index (χ2n) is 3.84. The third-order valence-electron chi connectivity index (χ3n) is 2.64. The van der Waals surface area contributed by atoms with Crippen LogP contribution in [0.3, 0.4) is 0 Å². The number of hydrogen-bond donors (Lipinski definition) is 1. The van der Waals surface area contributed by atoms with Crippen molar-refractivity contribution in [2.75, 3.05) is 17.7 Å². The molecule has 0 bridgehead atoms.